The molecule has 10 heteroatoms. The number of hydrogen-bond donors (Lipinski definition) is 1. The normalized spacial score (nSPS) is 17.4. The van der Waals surface area contributed by atoms with E-state index in [4.69, 9.17) is 4.99 Å². The van der Waals surface area contributed by atoms with Crippen LogP contribution in [0, 0.1) is 10.1 Å². The van der Waals surface area contributed by atoms with Crippen molar-refractivity contribution in [3.05, 3.63) is 39.9 Å². The second kappa shape index (κ2) is 12.8. The number of amides is 1. The van der Waals surface area contributed by atoms with Crippen molar-refractivity contribution in [2.24, 2.45) is 4.99 Å². The quantitative estimate of drug-likeness (QED) is 0.186. The van der Waals surface area contributed by atoms with Crippen molar-refractivity contribution < 1.29 is 9.72 Å². The fraction of sp³-hybridized carbons (Fsp3) is 0.619. The monoisotopic (exact) mass is 544 g/mol. The Morgan fingerprint density at radius 1 is 1.06 bits per heavy atom. The number of carbonyl (C=O) groups excluding carboxylic acids is 1. The van der Waals surface area contributed by atoms with Crippen LogP contribution >= 0.6 is 24.0 Å². The third-order valence-electron chi connectivity index (χ3n) is 5.58. The molecule has 2 fully saturated rings. The summed E-state index contributed by atoms with van der Waals surface area (Å²) in [5, 5.41) is 14.2. The molecule has 0 bridgehead atoms. The molecule has 31 heavy (non-hydrogen) atoms. The minimum Gasteiger partial charge on any atom is -0.356 e. The lowest BCUT2D eigenvalue weighted by molar-refractivity contribution is -0.384. The van der Waals surface area contributed by atoms with E-state index in [0.29, 0.717) is 13.1 Å². The Labute approximate surface area is 201 Å². The molecular formula is C21H33IN6O3. The molecule has 0 unspecified atom stereocenters. The Morgan fingerprint density at radius 3 is 2.29 bits per heavy atom. The van der Waals surface area contributed by atoms with Crippen molar-refractivity contribution in [3.63, 3.8) is 0 Å². The maximum absolute atomic E-state index is 12.4. The van der Waals surface area contributed by atoms with Gasteiger partial charge in [-0.05, 0) is 24.8 Å². The summed E-state index contributed by atoms with van der Waals surface area (Å²) >= 11 is 0. The number of nitro benzene ring substituents is 1. The number of nitro groups is 1. The highest BCUT2D eigenvalue weighted by atomic mass is 127. The lowest BCUT2D eigenvalue weighted by Crippen LogP contribution is -2.54. The van der Waals surface area contributed by atoms with Crippen molar-refractivity contribution >= 4 is 41.5 Å². The first kappa shape index (κ1) is 25.3. The van der Waals surface area contributed by atoms with Crippen LogP contribution in [0.25, 0.3) is 0 Å². The second-order valence-electron chi connectivity index (χ2n) is 7.84. The van der Waals surface area contributed by atoms with Crippen LogP contribution in [0.2, 0.25) is 0 Å². The highest BCUT2D eigenvalue weighted by Gasteiger charge is 2.24. The van der Waals surface area contributed by atoms with Crippen LogP contribution in [0.1, 0.15) is 31.7 Å². The van der Waals surface area contributed by atoms with Gasteiger partial charge in [-0.2, -0.15) is 0 Å². The van der Waals surface area contributed by atoms with E-state index >= 15 is 0 Å². The van der Waals surface area contributed by atoms with Crippen molar-refractivity contribution in [2.75, 3.05) is 52.4 Å². The molecule has 172 valence electrons. The van der Waals surface area contributed by atoms with E-state index in [0.717, 1.165) is 76.6 Å². The number of hydrogen-bond acceptors (Lipinski definition) is 5. The average molecular weight is 544 g/mol. The van der Waals surface area contributed by atoms with E-state index in [1.807, 2.05) is 4.90 Å². The van der Waals surface area contributed by atoms with Crippen molar-refractivity contribution in [3.8, 4) is 0 Å². The average Bonchev–Trinajstić information content (AvgIpc) is 3.30. The fourth-order valence-electron chi connectivity index (χ4n) is 3.77. The van der Waals surface area contributed by atoms with E-state index in [2.05, 4.69) is 22.0 Å². The number of piperazine rings is 1. The molecule has 2 aliphatic heterocycles. The molecule has 9 nitrogen and oxygen atoms in total. The number of guanidine groups is 1. The number of halogens is 1. The minimum atomic E-state index is -0.394. The third kappa shape index (κ3) is 7.60. The van der Waals surface area contributed by atoms with E-state index in [1.165, 1.54) is 12.1 Å². The Bertz CT molecular complexity index is 744. The first-order valence-electron chi connectivity index (χ1n) is 10.8. The Morgan fingerprint density at radius 2 is 1.71 bits per heavy atom. The number of nitrogens with one attached hydrogen (secondary N) is 1. The standard InChI is InChI=1S/C21H32N6O3.HI/c1-2-9-22-21(23-16-18-5-7-19(8-6-18)27(29)30)26-14-12-24(13-15-26)17-20(28)25-10-3-4-11-25;/h5-8H,2-4,9-17H2,1H3,(H,22,23);1H. The molecule has 1 aromatic rings. The van der Waals surface area contributed by atoms with E-state index in [1.54, 1.807) is 12.1 Å². The molecule has 3 rings (SSSR count). The summed E-state index contributed by atoms with van der Waals surface area (Å²) < 4.78 is 0. The molecule has 2 aliphatic rings. The van der Waals surface area contributed by atoms with Gasteiger partial charge in [0.05, 0.1) is 18.0 Å². The summed E-state index contributed by atoms with van der Waals surface area (Å²) in [7, 11) is 0. The summed E-state index contributed by atoms with van der Waals surface area (Å²) in [6.45, 7) is 9.05. The maximum atomic E-state index is 12.4. The van der Waals surface area contributed by atoms with Crippen molar-refractivity contribution in [1.29, 1.82) is 0 Å². The first-order valence-corrected chi connectivity index (χ1v) is 10.8. The SMILES string of the molecule is CCCNC(=NCc1ccc([N+](=O)[O-])cc1)N1CCN(CC(=O)N2CCCC2)CC1.I. The van der Waals surface area contributed by atoms with Crippen LogP contribution in [0.4, 0.5) is 5.69 Å². The molecule has 1 N–H and O–H groups in total. The lowest BCUT2D eigenvalue weighted by Gasteiger charge is -2.36. The smallest absolute Gasteiger partial charge is 0.269 e. The fourth-order valence-corrected chi connectivity index (χ4v) is 3.77. The highest BCUT2D eigenvalue weighted by Crippen LogP contribution is 2.13. The minimum absolute atomic E-state index is 0. The predicted molar refractivity (Wildman–Crippen MR) is 132 cm³/mol. The predicted octanol–water partition coefficient (Wildman–Crippen LogP) is 2.31. The van der Waals surface area contributed by atoms with Crippen LogP contribution in [-0.4, -0.2) is 83.8 Å². The molecule has 0 saturated carbocycles. The summed E-state index contributed by atoms with van der Waals surface area (Å²) in [5.41, 5.74) is 1.03. The van der Waals surface area contributed by atoms with E-state index in [-0.39, 0.29) is 35.6 Å². The summed E-state index contributed by atoms with van der Waals surface area (Å²) in [6, 6.07) is 6.53. The van der Waals surface area contributed by atoms with Crippen LogP contribution in [-0.2, 0) is 11.3 Å². The zero-order valence-corrected chi connectivity index (χ0v) is 20.5. The molecule has 2 heterocycles. The molecule has 0 spiro atoms. The van der Waals surface area contributed by atoms with Crippen molar-refractivity contribution in [1.82, 2.24) is 20.0 Å². The number of rotatable bonds is 7. The van der Waals surface area contributed by atoms with Crippen LogP contribution in [0.5, 0.6) is 0 Å². The number of likely N-dealkylation sites (tertiary alicyclic amines) is 1. The molecule has 2 saturated heterocycles. The summed E-state index contributed by atoms with van der Waals surface area (Å²) in [4.78, 5) is 34.0. The topological polar surface area (TPSA) is 94.3 Å². The number of benzene rings is 1. The number of aliphatic imine (C=N–C) groups is 1. The number of carbonyl (C=O) groups is 1. The van der Waals surface area contributed by atoms with E-state index < -0.39 is 4.92 Å². The van der Waals surface area contributed by atoms with Gasteiger partial charge < -0.3 is 15.1 Å². The second-order valence-corrected chi connectivity index (χ2v) is 7.84. The van der Waals surface area contributed by atoms with Crippen LogP contribution in [0.3, 0.4) is 0 Å². The highest BCUT2D eigenvalue weighted by molar-refractivity contribution is 14.0. The van der Waals surface area contributed by atoms with Gasteiger partial charge in [0.2, 0.25) is 5.91 Å². The zero-order valence-electron chi connectivity index (χ0n) is 18.2. The van der Waals surface area contributed by atoms with Crippen LogP contribution < -0.4 is 5.32 Å². The molecule has 0 aliphatic carbocycles. The number of nitrogens with zero attached hydrogens (tertiary/aromatic N) is 5. The molecule has 0 radical (unpaired) electrons. The summed E-state index contributed by atoms with van der Waals surface area (Å²) in [5.74, 6) is 1.11. The molecule has 1 amide bonds. The maximum Gasteiger partial charge on any atom is 0.269 e. The Hall–Kier alpha value is -1.95. The van der Waals surface area contributed by atoms with Gasteiger partial charge in [-0.3, -0.25) is 19.8 Å². The van der Waals surface area contributed by atoms with Gasteiger partial charge in [-0.1, -0.05) is 19.1 Å². The third-order valence-corrected chi connectivity index (χ3v) is 5.58. The van der Waals surface area contributed by atoms with E-state index in [9.17, 15) is 14.9 Å². The van der Waals surface area contributed by atoms with Gasteiger partial charge in [0.15, 0.2) is 5.96 Å². The lowest BCUT2D eigenvalue weighted by atomic mass is 10.2. The first-order chi connectivity index (χ1) is 14.6. The van der Waals surface area contributed by atoms with Gasteiger partial charge >= 0.3 is 0 Å². The number of non-ortho nitro benzene ring substituents is 1. The zero-order chi connectivity index (χ0) is 21.3. The Balaban J connectivity index is 0.00000341. The Kier molecular flexibility index (Phi) is 10.4. The van der Waals surface area contributed by atoms with Gasteiger partial charge in [-0.15, -0.1) is 24.0 Å². The summed E-state index contributed by atoms with van der Waals surface area (Å²) in [6.07, 6.45) is 3.25. The van der Waals surface area contributed by atoms with Gasteiger partial charge in [-0.25, -0.2) is 4.99 Å². The molecule has 0 atom stereocenters. The molecule has 1 aromatic carbocycles. The van der Waals surface area contributed by atoms with Crippen LogP contribution in [0.15, 0.2) is 29.3 Å². The van der Waals surface area contributed by atoms with Gasteiger partial charge in [0.25, 0.3) is 5.69 Å². The largest absolute Gasteiger partial charge is 0.356 e. The van der Waals surface area contributed by atoms with Gasteiger partial charge in [0, 0.05) is 57.9 Å². The molecular weight excluding hydrogens is 511 g/mol. The van der Waals surface area contributed by atoms with Gasteiger partial charge in [0.1, 0.15) is 0 Å². The van der Waals surface area contributed by atoms with Crippen molar-refractivity contribution in [2.45, 2.75) is 32.7 Å². The molecule has 0 aromatic heterocycles.